The second-order valence-electron chi connectivity index (χ2n) is 11.9. The number of fused-ring (bicyclic) bond motifs is 4. The predicted molar refractivity (Wildman–Crippen MR) is 197 cm³/mol. The molecule has 224 valence electrons. The Bertz CT molecular complexity index is 2560. The molecule has 0 aliphatic carbocycles. The van der Waals surface area contributed by atoms with E-state index in [0.29, 0.717) is 17.5 Å². The summed E-state index contributed by atoms with van der Waals surface area (Å²) in [5.74, 6) is 1.94. The first-order chi connectivity index (χ1) is 23.8. The van der Waals surface area contributed by atoms with Crippen LogP contribution in [0.5, 0.6) is 0 Å². The molecule has 2 aromatic heterocycles. The van der Waals surface area contributed by atoms with Crippen molar-refractivity contribution in [3.8, 4) is 56.4 Å². The second kappa shape index (κ2) is 11.7. The maximum atomic E-state index is 5.08. The molecule has 0 saturated carbocycles. The van der Waals surface area contributed by atoms with E-state index in [1.54, 1.807) is 0 Å². The predicted octanol–water partition coefficient (Wildman–Crippen LogP) is 11.1. The number of nitrogens with zero attached hydrogens (tertiary/aromatic N) is 4. The maximum absolute atomic E-state index is 5.08. The highest BCUT2D eigenvalue weighted by atomic mass is 15.0. The molecule has 4 heteroatoms. The van der Waals surface area contributed by atoms with Crippen molar-refractivity contribution in [2.75, 3.05) is 0 Å². The third kappa shape index (κ3) is 5.06. The molecule has 0 fully saturated rings. The number of benzene rings is 7. The Kier molecular flexibility index (Phi) is 6.76. The lowest BCUT2D eigenvalue weighted by Crippen LogP contribution is -2.00. The normalized spacial score (nSPS) is 11.3. The highest BCUT2D eigenvalue weighted by Crippen LogP contribution is 2.37. The summed E-state index contributed by atoms with van der Waals surface area (Å²) >= 11 is 0. The van der Waals surface area contributed by atoms with E-state index in [4.69, 9.17) is 19.9 Å². The molecule has 9 aromatic rings. The van der Waals surface area contributed by atoms with E-state index in [0.717, 1.165) is 60.6 Å². The van der Waals surface area contributed by atoms with Gasteiger partial charge < -0.3 is 0 Å². The molecule has 48 heavy (non-hydrogen) atoms. The number of pyridine rings is 1. The van der Waals surface area contributed by atoms with Gasteiger partial charge in [0.1, 0.15) is 0 Å². The zero-order valence-corrected chi connectivity index (χ0v) is 26.0. The molecule has 0 saturated heterocycles. The minimum atomic E-state index is 0.640. The van der Waals surface area contributed by atoms with E-state index in [1.165, 1.54) is 10.9 Å². The molecule has 0 atom stereocenters. The van der Waals surface area contributed by atoms with Gasteiger partial charge in [-0.2, -0.15) is 0 Å². The van der Waals surface area contributed by atoms with E-state index >= 15 is 0 Å². The molecule has 0 N–H and O–H groups in total. The Balaban J connectivity index is 1.16. The average Bonchev–Trinajstić information content (AvgIpc) is 3.17. The van der Waals surface area contributed by atoms with Crippen LogP contribution in [0.2, 0.25) is 0 Å². The number of aromatic nitrogens is 4. The van der Waals surface area contributed by atoms with Crippen LogP contribution >= 0.6 is 0 Å². The highest BCUT2D eigenvalue weighted by molar-refractivity contribution is 6.14. The summed E-state index contributed by atoms with van der Waals surface area (Å²) in [4.78, 5) is 19.9. The van der Waals surface area contributed by atoms with E-state index in [-0.39, 0.29) is 0 Å². The summed E-state index contributed by atoms with van der Waals surface area (Å²) in [5.41, 5.74) is 9.43. The van der Waals surface area contributed by atoms with Crippen molar-refractivity contribution in [2.24, 2.45) is 0 Å². The zero-order chi connectivity index (χ0) is 31.9. The number of hydrogen-bond donors (Lipinski definition) is 0. The minimum absolute atomic E-state index is 0.640. The van der Waals surface area contributed by atoms with Crippen LogP contribution < -0.4 is 0 Å². The summed E-state index contributed by atoms with van der Waals surface area (Å²) in [6.07, 6.45) is 0. The molecule has 0 aliphatic rings. The van der Waals surface area contributed by atoms with Crippen LogP contribution in [0.4, 0.5) is 0 Å². The van der Waals surface area contributed by atoms with Crippen molar-refractivity contribution in [2.45, 2.75) is 0 Å². The van der Waals surface area contributed by atoms with Gasteiger partial charge in [0.25, 0.3) is 0 Å². The quantitative estimate of drug-likeness (QED) is 0.143. The van der Waals surface area contributed by atoms with E-state index in [2.05, 4.69) is 103 Å². The Morgan fingerprint density at radius 1 is 0.292 bits per heavy atom. The second-order valence-corrected chi connectivity index (χ2v) is 11.9. The molecule has 0 unspecified atom stereocenters. The molecular formula is C44H28N4. The molecule has 7 aromatic carbocycles. The van der Waals surface area contributed by atoms with Crippen molar-refractivity contribution in [1.29, 1.82) is 0 Å². The molecule has 9 rings (SSSR count). The van der Waals surface area contributed by atoms with Gasteiger partial charge >= 0.3 is 0 Å². The lowest BCUT2D eigenvalue weighted by Gasteiger charge is -2.13. The van der Waals surface area contributed by atoms with Gasteiger partial charge in [-0.3, -0.25) is 0 Å². The third-order valence-electron chi connectivity index (χ3n) is 8.85. The standard InChI is InChI=1S/C44H28N4/c1-3-13-29(14-4-1)42-46-43(30-15-5-2-6-16-30)48-44(47-42)35-21-12-19-32(26-35)31-18-11-20-33(25-31)39-28-36-27-34-17-7-10-24-40(34)45-41(36)38-23-9-8-22-37(38)39/h1-28H. The first kappa shape index (κ1) is 27.8. The Labute approximate surface area is 278 Å². The van der Waals surface area contributed by atoms with Crippen LogP contribution in [0, 0.1) is 0 Å². The Hall–Kier alpha value is -6.52. The fourth-order valence-corrected chi connectivity index (χ4v) is 6.50. The van der Waals surface area contributed by atoms with Crippen LogP contribution in [0.3, 0.4) is 0 Å². The summed E-state index contributed by atoms with van der Waals surface area (Å²) in [6, 6.07) is 58.8. The SMILES string of the molecule is c1ccc(-c2nc(-c3ccccc3)nc(-c3cccc(-c4cccc(-c5cc6cc7ccccc7nc6c6ccccc56)c4)c3)n2)cc1. The lowest BCUT2D eigenvalue weighted by atomic mass is 9.92. The average molecular weight is 613 g/mol. The topological polar surface area (TPSA) is 51.6 Å². The van der Waals surface area contributed by atoms with Crippen molar-refractivity contribution in [1.82, 2.24) is 19.9 Å². The van der Waals surface area contributed by atoms with E-state index < -0.39 is 0 Å². The van der Waals surface area contributed by atoms with Crippen molar-refractivity contribution in [3.05, 3.63) is 170 Å². The monoisotopic (exact) mass is 612 g/mol. The van der Waals surface area contributed by atoms with Gasteiger partial charge in [-0.15, -0.1) is 0 Å². The molecule has 0 aliphatic heterocycles. The molecule has 2 heterocycles. The van der Waals surface area contributed by atoms with Gasteiger partial charge in [0.05, 0.1) is 11.0 Å². The fourth-order valence-electron chi connectivity index (χ4n) is 6.50. The van der Waals surface area contributed by atoms with Gasteiger partial charge in [-0.05, 0) is 58.0 Å². The van der Waals surface area contributed by atoms with Gasteiger partial charge in [0, 0.05) is 32.8 Å². The largest absolute Gasteiger partial charge is 0.247 e. The van der Waals surface area contributed by atoms with Crippen LogP contribution in [0.15, 0.2) is 170 Å². The van der Waals surface area contributed by atoms with Crippen LogP contribution in [-0.2, 0) is 0 Å². The molecule has 0 spiro atoms. The molecular weight excluding hydrogens is 585 g/mol. The molecule has 0 radical (unpaired) electrons. The van der Waals surface area contributed by atoms with Crippen LogP contribution in [0.25, 0.3) is 89.0 Å². The van der Waals surface area contributed by atoms with Crippen molar-refractivity contribution < 1.29 is 0 Å². The Morgan fingerprint density at radius 3 is 1.48 bits per heavy atom. The number of para-hydroxylation sites is 1. The van der Waals surface area contributed by atoms with E-state index in [9.17, 15) is 0 Å². The number of rotatable bonds is 5. The first-order valence-electron chi connectivity index (χ1n) is 16.1. The smallest absolute Gasteiger partial charge is 0.164 e. The van der Waals surface area contributed by atoms with Crippen molar-refractivity contribution in [3.63, 3.8) is 0 Å². The number of hydrogen-bond acceptors (Lipinski definition) is 4. The van der Waals surface area contributed by atoms with E-state index in [1.807, 2.05) is 66.7 Å². The maximum Gasteiger partial charge on any atom is 0.164 e. The third-order valence-corrected chi connectivity index (χ3v) is 8.85. The zero-order valence-electron chi connectivity index (χ0n) is 26.0. The molecule has 0 bridgehead atoms. The van der Waals surface area contributed by atoms with Gasteiger partial charge in [0.2, 0.25) is 0 Å². The summed E-state index contributed by atoms with van der Waals surface area (Å²) in [5, 5.41) is 4.61. The fraction of sp³-hybridized carbons (Fsp3) is 0. The van der Waals surface area contributed by atoms with Crippen LogP contribution in [0.1, 0.15) is 0 Å². The first-order valence-corrected chi connectivity index (χ1v) is 16.1. The van der Waals surface area contributed by atoms with Gasteiger partial charge in [0.15, 0.2) is 17.5 Å². The van der Waals surface area contributed by atoms with Gasteiger partial charge in [-0.1, -0.05) is 140 Å². The summed E-state index contributed by atoms with van der Waals surface area (Å²) in [6.45, 7) is 0. The Morgan fingerprint density at radius 2 is 0.792 bits per heavy atom. The summed E-state index contributed by atoms with van der Waals surface area (Å²) in [7, 11) is 0. The molecule has 0 amide bonds. The van der Waals surface area contributed by atoms with Gasteiger partial charge in [-0.25, -0.2) is 19.9 Å². The van der Waals surface area contributed by atoms with Crippen molar-refractivity contribution >= 4 is 32.6 Å². The highest BCUT2D eigenvalue weighted by Gasteiger charge is 2.14. The minimum Gasteiger partial charge on any atom is -0.247 e. The lowest BCUT2D eigenvalue weighted by molar-refractivity contribution is 1.07. The van der Waals surface area contributed by atoms with Crippen LogP contribution in [-0.4, -0.2) is 19.9 Å². The molecule has 4 nitrogen and oxygen atoms in total. The summed E-state index contributed by atoms with van der Waals surface area (Å²) < 4.78 is 0.